The van der Waals surface area contributed by atoms with Crippen LogP contribution in [0, 0.1) is 12.7 Å². The molecule has 4 aromatic rings. The van der Waals surface area contributed by atoms with Crippen molar-refractivity contribution in [2.24, 2.45) is 0 Å². The monoisotopic (exact) mass is 485 g/mol. The van der Waals surface area contributed by atoms with E-state index in [1.54, 1.807) is 41.2 Å². The Morgan fingerprint density at radius 2 is 1.75 bits per heavy atom. The number of benzene rings is 2. The third-order valence-corrected chi connectivity index (χ3v) is 6.31. The smallest absolute Gasteiger partial charge is 0.280 e. The van der Waals surface area contributed by atoms with Crippen LogP contribution in [0.4, 0.5) is 16.0 Å². The molecule has 0 unspecified atom stereocenters. The van der Waals surface area contributed by atoms with E-state index in [2.05, 4.69) is 25.2 Å². The zero-order valence-corrected chi connectivity index (χ0v) is 20.2. The van der Waals surface area contributed by atoms with Gasteiger partial charge in [0, 0.05) is 36.7 Å². The Balaban J connectivity index is 1.39. The molecule has 184 valence electrons. The molecule has 5 rings (SSSR count). The summed E-state index contributed by atoms with van der Waals surface area (Å²) in [6.07, 6.45) is 8.66. The third-order valence-electron chi connectivity index (χ3n) is 6.31. The second-order valence-electron chi connectivity index (χ2n) is 9.05. The van der Waals surface area contributed by atoms with Gasteiger partial charge in [0.15, 0.2) is 5.69 Å². The van der Waals surface area contributed by atoms with Crippen molar-refractivity contribution in [1.29, 1.82) is 0 Å². The molecule has 0 aliphatic carbocycles. The van der Waals surface area contributed by atoms with Gasteiger partial charge in [-0.05, 0) is 55.5 Å². The quantitative estimate of drug-likeness (QED) is 0.386. The van der Waals surface area contributed by atoms with Gasteiger partial charge in [-0.1, -0.05) is 35.5 Å². The SMILES string of the molecule is Cc1cc(F)ccc1N(Cc1cnc(N2CCCCC2)nc1)C(=O)c1cn(Cc2ccccc2)nn1. The summed E-state index contributed by atoms with van der Waals surface area (Å²) in [5.74, 6) is 0.0222. The van der Waals surface area contributed by atoms with E-state index >= 15 is 0 Å². The first-order chi connectivity index (χ1) is 17.6. The lowest BCUT2D eigenvalue weighted by atomic mass is 10.1. The average molecular weight is 486 g/mol. The summed E-state index contributed by atoms with van der Waals surface area (Å²) in [6.45, 7) is 4.41. The van der Waals surface area contributed by atoms with Crippen LogP contribution >= 0.6 is 0 Å². The van der Waals surface area contributed by atoms with Crippen LogP contribution in [0.15, 0.2) is 67.1 Å². The van der Waals surface area contributed by atoms with Crippen LogP contribution in [0.2, 0.25) is 0 Å². The summed E-state index contributed by atoms with van der Waals surface area (Å²) in [5.41, 5.74) is 3.27. The molecular formula is C27H28FN7O. The number of piperidine rings is 1. The van der Waals surface area contributed by atoms with Gasteiger partial charge in [0.1, 0.15) is 5.82 Å². The van der Waals surface area contributed by atoms with Crippen LogP contribution in [0.5, 0.6) is 0 Å². The number of hydrogen-bond acceptors (Lipinski definition) is 6. The number of nitrogens with zero attached hydrogens (tertiary/aromatic N) is 7. The zero-order valence-electron chi connectivity index (χ0n) is 20.2. The zero-order chi connectivity index (χ0) is 24.9. The molecule has 2 aromatic carbocycles. The highest BCUT2D eigenvalue weighted by Gasteiger charge is 2.24. The molecule has 36 heavy (non-hydrogen) atoms. The molecule has 1 saturated heterocycles. The summed E-state index contributed by atoms with van der Waals surface area (Å²) in [4.78, 5) is 26.5. The average Bonchev–Trinajstić information content (AvgIpc) is 3.37. The van der Waals surface area contributed by atoms with Crippen molar-refractivity contribution in [1.82, 2.24) is 25.0 Å². The predicted octanol–water partition coefficient (Wildman–Crippen LogP) is 4.40. The maximum atomic E-state index is 13.8. The number of rotatable bonds is 7. The van der Waals surface area contributed by atoms with Crippen molar-refractivity contribution < 1.29 is 9.18 Å². The summed E-state index contributed by atoms with van der Waals surface area (Å²) < 4.78 is 15.5. The lowest BCUT2D eigenvalue weighted by Crippen LogP contribution is -2.32. The molecule has 2 aromatic heterocycles. The van der Waals surface area contributed by atoms with E-state index in [0.717, 1.165) is 37.1 Å². The first-order valence-electron chi connectivity index (χ1n) is 12.1. The van der Waals surface area contributed by atoms with Crippen molar-refractivity contribution >= 4 is 17.5 Å². The maximum Gasteiger partial charge on any atom is 0.280 e. The highest BCUT2D eigenvalue weighted by molar-refractivity contribution is 6.04. The number of halogens is 1. The van der Waals surface area contributed by atoms with E-state index in [4.69, 9.17) is 0 Å². The van der Waals surface area contributed by atoms with Crippen LogP contribution in [-0.4, -0.2) is 44.0 Å². The number of amides is 1. The lowest BCUT2D eigenvalue weighted by Gasteiger charge is -2.27. The highest BCUT2D eigenvalue weighted by Crippen LogP contribution is 2.25. The van der Waals surface area contributed by atoms with E-state index in [1.165, 1.54) is 18.6 Å². The Bertz CT molecular complexity index is 1320. The molecule has 0 bridgehead atoms. The van der Waals surface area contributed by atoms with Gasteiger partial charge < -0.3 is 9.80 Å². The van der Waals surface area contributed by atoms with Gasteiger partial charge in [-0.3, -0.25) is 4.79 Å². The Kier molecular flexibility index (Phi) is 6.97. The minimum atomic E-state index is -0.355. The third kappa shape index (κ3) is 5.40. The van der Waals surface area contributed by atoms with Gasteiger partial charge in [-0.2, -0.15) is 0 Å². The fourth-order valence-electron chi connectivity index (χ4n) is 4.44. The first kappa shape index (κ1) is 23.6. The molecule has 9 heteroatoms. The van der Waals surface area contributed by atoms with Gasteiger partial charge in [-0.15, -0.1) is 5.10 Å². The van der Waals surface area contributed by atoms with Crippen molar-refractivity contribution in [3.63, 3.8) is 0 Å². The molecule has 0 saturated carbocycles. The molecule has 1 aliphatic heterocycles. The Labute approximate surface area is 209 Å². The lowest BCUT2D eigenvalue weighted by molar-refractivity contribution is 0.0980. The van der Waals surface area contributed by atoms with Gasteiger partial charge in [0.2, 0.25) is 5.95 Å². The van der Waals surface area contributed by atoms with Crippen molar-refractivity contribution in [2.75, 3.05) is 22.9 Å². The van der Waals surface area contributed by atoms with Crippen LogP contribution in [0.1, 0.15) is 46.4 Å². The van der Waals surface area contributed by atoms with Gasteiger partial charge >= 0.3 is 0 Å². The Hall–Kier alpha value is -4.14. The highest BCUT2D eigenvalue weighted by atomic mass is 19.1. The summed E-state index contributed by atoms with van der Waals surface area (Å²) >= 11 is 0. The van der Waals surface area contributed by atoms with Crippen molar-refractivity contribution in [2.45, 2.75) is 39.3 Å². The van der Waals surface area contributed by atoms with Gasteiger partial charge in [0.05, 0.1) is 19.3 Å². The topological polar surface area (TPSA) is 80.0 Å². The molecule has 1 amide bonds. The van der Waals surface area contributed by atoms with Crippen molar-refractivity contribution in [3.05, 3.63) is 95.3 Å². The first-order valence-corrected chi connectivity index (χ1v) is 12.1. The Morgan fingerprint density at radius 1 is 1.00 bits per heavy atom. The largest absolute Gasteiger partial charge is 0.341 e. The van der Waals surface area contributed by atoms with Gasteiger partial charge in [0.25, 0.3) is 5.91 Å². The molecule has 0 spiro atoms. The number of carbonyl (C=O) groups is 1. The minimum absolute atomic E-state index is 0.209. The molecule has 1 fully saturated rings. The number of aryl methyl sites for hydroxylation is 1. The van der Waals surface area contributed by atoms with E-state index in [9.17, 15) is 9.18 Å². The number of hydrogen-bond donors (Lipinski definition) is 0. The summed E-state index contributed by atoms with van der Waals surface area (Å²) in [7, 11) is 0. The maximum absolute atomic E-state index is 13.8. The number of anilines is 2. The van der Waals surface area contributed by atoms with Crippen LogP contribution in [0.25, 0.3) is 0 Å². The predicted molar refractivity (Wildman–Crippen MR) is 135 cm³/mol. The summed E-state index contributed by atoms with van der Waals surface area (Å²) in [5, 5.41) is 8.28. The Morgan fingerprint density at radius 3 is 2.47 bits per heavy atom. The molecule has 0 radical (unpaired) electrons. The van der Waals surface area contributed by atoms with E-state index < -0.39 is 0 Å². The molecule has 0 atom stereocenters. The van der Waals surface area contributed by atoms with Crippen LogP contribution in [-0.2, 0) is 13.1 Å². The molecule has 3 heterocycles. The van der Waals surface area contributed by atoms with E-state index in [1.807, 2.05) is 30.3 Å². The fraction of sp³-hybridized carbons (Fsp3) is 0.296. The molecular weight excluding hydrogens is 457 g/mol. The van der Waals surface area contributed by atoms with E-state index in [0.29, 0.717) is 23.7 Å². The fourth-order valence-corrected chi connectivity index (χ4v) is 4.44. The van der Waals surface area contributed by atoms with Crippen molar-refractivity contribution in [3.8, 4) is 0 Å². The number of carbonyl (C=O) groups excluding carboxylic acids is 1. The van der Waals surface area contributed by atoms with Crippen LogP contribution < -0.4 is 9.80 Å². The summed E-state index contributed by atoms with van der Waals surface area (Å²) in [6, 6.07) is 14.2. The number of aromatic nitrogens is 5. The normalized spacial score (nSPS) is 13.6. The second kappa shape index (κ2) is 10.6. The van der Waals surface area contributed by atoms with Crippen LogP contribution in [0.3, 0.4) is 0 Å². The minimum Gasteiger partial charge on any atom is -0.341 e. The van der Waals surface area contributed by atoms with E-state index in [-0.39, 0.29) is 24.0 Å². The molecule has 8 nitrogen and oxygen atoms in total. The standard InChI is InChI=1S/C27H28FN7O/c1-20-14-23(28)10-11-25(20)35(18-22-15-29-27(30-16-22)33-12-6-3-7-13-33)26(36)24-19-34(32-31-24)17-21-8-4-2-5-9-21/h2,4-5,8-11,14-16,19H,3,6-7,12-13,17-18H2,1H3. The van der Waals surface area contributed by atoms with Gasteiger partial charge in [-0.25, -0.2) is 19.0 Å². The molecule has 0 N–H and O–H groups in total. The second-order valence-corrected chi connectivity index (χ2v) is 9.05. The molecule has 1 aliphatic rings.